The third-order valence-electron chi connectivity index (χ3n) is 11.1. The van der Waals surface area contributed by atoms with Crippen molar-refractivity contribution in [2.75, 3.05) is 0 Å². The predicted octanol–water partition coefficient (Wildman–Crippen LogP) is 11.6. The SMILES string of the molecule is c1ccc(C2NC(c3ccccc3)NC(c3ccc(-n4c5ccc6ccccc6c5c5ccc6c(c54)Oc4ccccc4-c4ccccc4-6)cc3)N2)cc1. The van der Waals surface area contributed by atoms with Crippen LogP contribution in [0.2, 0.25) is 0 Å². The molecule has 1 fully saturated rings. The smallest absolute Gasteiger partial charge is 0.159 e. The van der Waals surface area contributed by atoms with Crippen LogP contribution < -0.4 is 20.7 Å². The Bertz CT molecular complexity index is 2800. The quantitative estimate of drug-likeness (QED) is 0.171. The fourth-order valence-electron chi connectivity index (χ4n) is 8.60. The number of nitrogens with zero attached hydrogens (tertiary/aromatic N) is 1. The second-order valence-corrected chi connectivity index (χ2v) is 14.2. The summed E-state index contributed by atoms with van der Waals surface area (Å²) in [5.41, 5.74) is 11.4. The zero-order chi connectivity index (χ0) is 35.6. The fourth-order valence-corrected chi connectivity index (χ4v) is 8.60. The number of fused-ring (bicyclic) bond motifs is 11. The van der Waals surface area contributed by atoms with E-state index in [-0.39, 0.29) is 18.5 Å². The van der Waals surface area contributed by atoms with Crippen LogP contribution >= 0.6 is 0 Å². The molecule has 8 aromatic carbocycles. The van der Waals surface area contributed by atoms with Gasteiger partial charge in [0.15, 0.2) is 5.75 Å². The Kier molecular flexibility index (Phi) is 7.23. The van der Waals surface area contributed by atoms with E-state index < -0.39 is 0 Å². The van der Waals surface area contributed by atoms with Crippen LogP contribution in [0.3, 0.4) is 0 Å². The largest absolute Gasteiger partial charge is 0.454 e. The second kappa shape index (κ2) is 12.6. The summed E-state index contributed by atoms with van der Waals surface area (Å²) in [5.74, 6) is 1.73. The highest BCUT2D eigenvalue weighted by Crippen LogP contribution is 2.51. The summed E-state index contributed by atoms with van der Waals surface area (Å²) in [6.07, 6.45) is -0.164. The van der Waals surface area contributed by atoms with Gasteiger partial charge in [0.1, 0.15) is 5.75 Å². The van der Waals surface area contributed by atoms with Gasteiger partial charge in [-0.05, 0) is 68.9 Å². The lowest BCUT2D eigenvalue weighted by Crippen LogP contribution is -2.54. The average Bonchev–Trinajstić information content (AvgIpc) is 3.52. The molecule has 1 saturated heterocycles. The van der Waals surface area contributed by atoms with Crippen LogP contribution in [0.1, 0.15) is 35.2 Å². The van der Waals surface area contributed by atoms with E-state index >= 15 is 0 Å². The molecule has 2 unspecified atom stereocenters. The van der Waals surface area contributed by atoms with Crippen molar-refractivity contribution in [2.45, 2.75) is 18.5 Å². The number of hydrogen-bond acceptors (Lipinski definition) is 4. The maximum Gasteiger partial charge on any atom is 0.159 e. The van der Waals surface area contributed by atoms with Gasteiger partial charge in [-0.15, -0.1) is 0 Å². The van der Waals surface area contributed by atoms with E-state index in [4.69, 9.17) is 4.74 Å². The van der Waals surface area contributed by atoms with Gasteiger partial charge in [0.25, 0.3) is 0 Å². The molecule has 258 valence electrons. The number of benzene rings is 8. The topological polar surface area (TPSA) is 50.2 Å². The Morgan fingerprint density at radius 1 is 0.407 bits per heavy atom. The van der Waals surface area contributed by atoms with Gasteiger partial charge in [-0.1, -0.05) is 152 Å². The van der Waals surface area contributed by atoms with Gasteiger partial charge < -0.3 is 9.30 Å². The Labute approximate surface area is 313 Å². The first-order valence-corrected chi connectivity index (χ1v) is 18.6. The minimum absolute atomic E-state index is 0.0358. The van der Waals surface area contributed by atoms with E-state index in [1.807, 2.05) is 0 Å². The predicted molar refractivity (Wildman–Crippen MR) is 220 cm³/mol. The first kappa shape index (κ1) is 31.1. The molecule has 3 N–H and O–H groups in total. The third kappa shape index (κ3) is 4.98. The summed E-state index contributed by atoms with van der Waals surface area (Å²) in [5, 5.41) is 16.3. The highest BCUT2D eigenvalue weighted by molar-refractivity contribution is 6.23. The molecule has 11 rings (SSSR count). The van der Waals surface area contributed by atoms with Crippen LogP contribution in [0.25, 0.3) is 60.5 Å². The van der Waals surface area contributed by atoms with Crippen molar-refractivity contribution in [1.82, 2.24) is 20.5 Å². The first-order chi connectivity index (χ1) is 26.8. The summed E-state index contributed by atoms with van der Waals surface area (Å²) < 4.78 is 9.48. The van der Waals surface area contributed by atoms with E-state index in [2.05, 4.69) is 203 Å². The minimum Gasteiger partial charge on any atom is -0.454 e. The Morgan fingerprint density at radius 2 is 0.963 bits per heavy atom. The summed E-state index contributed by atoms with van der Waals surface area (Å²) in [7, 11) is 0. The molecule has 2 atom stereocenters. The highest BCUT2D eigenvalue weighted by atomic mass is 16.5. The summed E-state index contributed by atoms with van der Waals surface area (Å²) in [6.45, 7) is 0. The summed E-state index contributed by atoms with van der Waals surface area (Å²) in [6, 6.07) is 65.0. The minimum atomic E-state index is -0.0922. The summed E-state index contributed by atoms with van der Waals surface area (Å²) >= 11 is 0. The van der Waals surface area contributed by atoms with Gasteiger partial charge in [-0.2, -0.15) is 0 Å². The van der Waals surface area contributed by atoms with Crippen LogP contribution in [-0.2, 0) is 0 Å². The van der Waals surface area contributed by atoms with Gasteiger partial charge in [-0.3, -0.25) is 16.0 Å². The molecule has 0 amide bonds. The molecule has 2 aliphatic heterocycles. The lowest BCUT2D eigenvalue weighted by Gasteiger charge is -2.39. The molecule has 0 spiro atoms. The average molecular weight is 697 g/mol. The molecule has 0 radical (unpaired) electrons. The van der Waals surface area contributed by atoms with Crippen LogP contribution in [0.4, 0.5) is 0 Å². The summed E-state index contributed by atoms with van der Waals surface area (Å²) in [4.78, 5) is 0. The number of ether oxygens (including phenoxy) is 1. The van der Waals surface area contributed by atoms with Crippen LogP contribution in [-0.4, -0.2) is 4.57 Å². The Balaban J connectivity index is 1.09. The molecule has 0 bridgehead atoms. The van der Waals surface area contributed by atoms with Gasteiger partial charge in [0.05, 0.1) is 29.5 Å². The maximum absolute atomic E-state index is 7.08. The van der Waals surface area contributed by atoms with Crippen LogP contribution in [0.5, 0.6) is 11.5 Å². The number of hydrogen-bond donors (Lipinski definition) is 3. The van der Waals surface area contributed by atoms with E-state index in [1.54, 1.807) is 0 Å². The zero-order valence-corrected chi connectivity index (χ0v) is 29.4. The van der Waals surface area contributed by atoms with Crippen molar-refractivity contribution >= 4 is 32.6 Å². The van der Waals surface area contributed by atoms with Gasteiger partial charge in [-0.25, -0.2) is 0 Å². The lowest BCUT2D eigenvalue weighted by molar-refractivity contribution is 0.203. The van der Waals surface area contributed by atoms with E-state index in [0.717, 1.165) is 44.9 Å². The normalized spacial score (nSPS) is 17.7. The highest BCUT2D eigenvalue weighted by Gasteiger charge is 2.30. The fraction of sp³-hybridized carbons (Fsp3) is 0.0612. The Morgan fingerprint density at radius 3 is 1.65 bits per heavy atom. The van der Waals surface area contributed by atoms with Crippen molar-refractivity contribution in [1.29, 1.82) is 0 Å². The number of aromatic nitrogens is 1. The molecular formula is C49H36N4O. The molecule has 5 nitrogen and oxygen atoms in total. The standard InChI is InChI=1S/C49H36N4O/c1-3-14-32(15-4-1)47-50-48(33-16-5-2-6-17-33)52-49(51-47)34-23-26-35(27-24-34)53-42-30-25-31-13-7-8-18-36(31)44(42)41-29-28-40-38-20-10-9-19-37(38)39-21-11-12-22-43(39)54-46(40)45(41)53/h1-30,47-52H. The molecular weight excluding hydrogens is 661 g/mol. The zero-order valence-electron chi connectivity index (χ0n) is 29.4. The van der Waals surface area contributed by atoms with Crippen molar-refractivity contribution in [2.24, 2.45) is 0 Å². The number of nitrogens with one attached hydrogen (secondary N) is 3. The Hall–Kier alpha value is -6.50. The number of rotatable bonds is 4. The number of para-hydroxylation sites is 1. The molecule has 0 saturated carbocycles. The molecule has 0 aliphatic carbocycles. The van der Waals surface area contributed by atoms with Crippen molar-refractivity contribution in [3.8, 4) is 39.4 Å². The molecule has 54 heavy (non-hydrogen) atoms. The molecule has 2 aliphatic rings. The van der Waals surface area contributed by atoms with E-state index in [9.17, 15) is 0 Å². The van der Waals surface area contributed by atoms with E-state index in [1.165, 1.54) is 43.8 Å². The van der Waals surface area contributed by atoms with Crippen molar-refractivity contribution in [3.63, 3.8) is 0 Å². The lowest BCUT2D eigenvalue weighted by atomic mass is 9.94. The maximum atomic E-state index is 7.08. The van der Waals surface area contributed by atoms with Crippen LogP contribution in [0.15, 0.2) is 182 Å². The third-order valence-corrected chi connectivity index (χ3v) is 11.1. The van der Waals surface area contributed by atoms with Gasteiger partial charge in [0, 0.05) is 27.6 Å². The molecule has 5 heteroatoms. The molecule has 1 aromatic heterocycles. The monoisotopic (exact) mass is 696 g/mol. The van der Waals surface area contributed by atoms with Gasteiger partial charge >= 0.3 is 0 Å². The first-order valence-electron chi connectivity index (χ1n) is 18.6. The van der Waals surface area contributed by atoms with E-state index in [0.29, 0.717) is 0 Å². The van der Waals surface area contributed by atoms with Crippen LogP contribution in [0, 0.1) is 0 Å². The van der Waals surface area contributed by atoms with Crippen molar-refractivity contribution in [3.05, 3.63) is 199 Å². The molecule has 9 aromatic rings. The second-order valence-electron chi connectivity index (χ2n) is 14.2. The van der Waals surface area contributed by atoms with Crippen molar-refractivity contribution < 1.29 is 4.74 Å². The molecule has 3 heterocycles. The van der Waals surface area contributed by atoms with Gasteiger partial charge in [0.2, 0.25) is 0 Å².